The van der Waals surface area contributed by atoms with Crippen LogP contribution in [0.2, 0.25) is 0 Å². The van der Waals surface area contributed by atoms with Gasteiger partial charge in [0, 0.05) is 5.56 Å². The van der Waals surface area contributed by atoms with Gasteiger partial charge in [-0.1, -0.05) is 42.2 Å². The van der Waals surface area contributed by atoms with Gasteiger partial charge >= 0.3 is 6.18 Å². The lowest BCUT2D eigenvalue weighted by molar-refractivity contribution is -0.137. The van der Waals surface area contributed by atoms with Crippen molar-refractivity contribution in [1.29, 1.82) is 0 Å². The van der Waals surface area contributed by atoms with Crippen LogP contribution in [0.4, 0.5) is 13.2 Å². The topological polar surface area (TPSA) is 20.2 Å². The van der Waals surface area contributed by atoms with Crippen LogP contribution < -0.4 is 0 Å². The van der Waals surface area contributed by atoms with E-state index in [-0.39, 0.29) is 0 Å². The summed E-state index contributed by atoms with van der Waals surface area (Å²) in [6.45, 7) is 1.54. The lowest BCUT2D eigenvalue weighted by atomic mass is 9.96. The van der Waals surface area contributed by atoms with E-state index >= 15 is 0 Å². The van der Waals surface area contributed by atoms with Crippen molar-refractivity contribution < 1.29 is 18.3 Å². The highest BCUT2D eigenvalue weighted by atomic mass is 19.4. The minimum Gasteiger partial charge on any atom is -0.374 e. The van der Waals surface area contributed by atoms with Crippen LogP contribution in [-0.2, 0) is 11.8 Å². The molecule has 0 radical (unpaired) electrons. The second-order valence-corrected chi connectivity index (χ2v) is 4.76. The highest BCUT2D eigenvalue weighted by Gasteiger charge is 2.29. The molecule has 1 N–H and O–H groups in total. The van der Waals surface area contributed by atoms with Crippen LogP contribution in [0, 0.1) is 11.8 Å². The minimum atomic E-state index is -4.36. The highest BCUT2D eigenvalue weighted by molar-refractivity contribution is 5.40. The molecule has 0 spiro atoms. The van der Waals surface area contributed by atoms with Gasteiger partial charge in [0.05, 0.1) is 5.56 Å². The molecule has 0 saturated heterocycles. The first-order valence-corrected chi connectivity index (χ1v) is 6.27. The summed E-state index contributed by atoms with van der Waals surface area (Å²) in [6.07, 6.45) is -4.36. The molecule has 0 aromatic heterocycles. The maximum absolute atomic E-state index is 12.4. The molecule has 2 aromatic carbocycles. The molecule has 0 fully saturated rings. The molecule has 21 heavy (non-hydrogen) atoms. The van der Waals surface area contributed by atoms with Crippen molar-refractivity contribution in [3.05, 3.63) is 71.3 Å². The van der Waals surface area contributed by atoms with Gasteiger partial charge in [0.2, 0.25) is 0 Å². The zero-order valence-corrected chi connectivity index (χ0v) is 11.3. The van der Waals surface area contributed by atoms with Gasteiger partial charge < -0.3 is 5.11 Å². The molecule has 0 bridgehead atoms. The Bertz CT molecular complexity index is 659. The summed E-state index contributed by atoms with van der Waals surface area (Å²) >= 11 is 0. The molecule has 0 heterocycles. The average Bonchev–Trinajstić information content (AvgIpc) is 2.46. The highest BCUT2D eigenvalue weighted by Crippen LogP contribution is 2.29. The van der Waals surface area contributed by atoms with E-state index in [1.807, 2.05) is 6.07 Å². The Kier molecular flexibility index (Phi) is 4.06. The van der Waals surface area contributed by atoms with Crippen molar-refractivity contribution in [2.45, 2.75) is 18.7 Å². The minimum absolute atomic E-state index is 0.416. The Labute approximate surface area is 121 Å². The SMILES string of the molecule is CC(O)(C#Cc1ccc(C(F)(F)F)cc1)c1ccccc1. The van der Waals surface area contributed by atoms with Crippen molar-refractivity contribution in [1.82, 2.24) is 0 Å². The summed E-state index contributed by atoms with van der Waals surface area (Å²) in [5.74, 6) is 5.37. The van der Waals surface area contributed by atoms with Gasteiger partial charge in [-0.15, -0.1) is 0 Å². The number of halogens is 3. The van der Waals surface area contributed by atoms with E-state index in [2.05, 4.69) is 11.8 Å². The van der Waals surface area contributed by atoms with Crippen molar-refractivity contribution >= 4 is 0 Å². The molecule has 0 aliphatic rings. The van der Waals surface area contributed by atoms with Gasteiger partial charge in [-0.05, 0) is 36.8 Å². The summed E-state index contributed by atoms with van der Waals surface area (Å²) in [6, 6.07) is 13.4. The Morgan fingerprint density at radius 3 is 1.95 bits per heavy atom. The molecule has 108 valence electrons. The number of aliphatic hydroxyl groups is 1. The van der Waals surface area contributed by atoms with Gasteiger partial charge in [0.25, 0.3) is 0 Å². The van der Waals surface area contributed by atoms with E-state index in [4.69, 9.17) is 0 Å². The lowest BCUT2D eigenvalue weighted by Gasteiger charge is -2.16. The standard InChI is InChI=1S/C17H13F3O/c1-16(21,14-5-3-2-4-6-14)12-11-13-7-9-15(10-8-13)17(18,19)20/h2-10,21H,1H3. The summed E-state index contributed by atoms with van der Waals surface area (Å²) in [5.41, 5.74) is -1.03. The van der Waals surface area contributed by atoms with Crippen LogP contribution in [0.5, 0.6) is 0 Å². The third kappa shape index (κ3) is 3.87. The molecular weight excluding hydrogens is 277 g/mol. The first-order chi connectivity index (χ1) is 9.79. The second kappa shape index (κ2) is 5.63. The monoisotopic (exact) mass is 290 g/mol. The van der Waals surface area contributed by atoms with Crippen molar-refractivity contribution in [3.63, 3.8) is 0 Å². The fraction of sp³-hybridized carbons (Fsp3) is 0.176. The molecule has 2 rings (SSSR count). The number of hydrogen-bond acceptors (Lipinski definition) is 1. The van der Waals surface area contributed by atoms with Gasteiger partial charge in [-0.2, -0.15) is 13.2 Å². The summed E-state index contributed by atoms with van der Waals surface area (Å²) < 4.78 is 37.3. The van der Waals surface area contributed by atoms with E-state index in [1.54, 1.807) is 31.2 Å². The molecule has 1 nitrogen and oxygen atoms in total. The Hall–Kier alpha value is -2.25. The van der Waals surface area contributed by atoms with Crippen LogP contribution in [0.1, 0.15) is 23.6 Å². The van der Waals surface area contributed by atoms with Crippen molar-refractivity contribution in [2.75, 3.05) is 0 Å². The molecule has 0 saturated carbocycles. The molecule has 0 amide bonds. The smallest absolute Gasteiger partial charge is 0.374 e. The van der Waals surface area contributed by atoms with Crippen molar-refractivity contribution in [3.8, 4) is 11.8 Å². The van der Waals surface area contributed by atoms with Crippen LogP contribution in [0.3, 0.4) is 0 Å². The first-order valence-electron chi connectivity index (χ1n) is 6.27. The molecule has 1 atom stereocenters. The predicted octanol–water partition coefficient (Wildman–Crippen LogP) is 3.96. The Morgan fingerprint density at radius 2 is 1.43 bits per heavy atom. The Morgan fingerprint density at radius 1 is 0.857 bits per heavy atom. The number of rotatable bonds is 1. The summed E-state index contributed by atoms with van der Waals surface area (Å²) in [4.78, 5) is 0. The van der Waals surface area contributed by atoms with Gasteiger partial charge in [-0.25, -0.2) is 0 Å². The maximum Gasteiger partial charge on any atom is 0.416 e. The molecule has 0 aliphatic heterocycles. The van der Waals surface area contributed by atoms with E-state index < -0.39 is 17.3 Å². The van der Waals surface area contributed by atoms with Gasteiger partial charge in [0.1, 0.15) is 5.60 Å². The van der Waals surface area contributed by atoms with E-state index in [9.17, 15) is 18.3 Å². The second-order valence-electron chi connectivity index (χ2n) is 4.76. The first kappa shape index (κ1) is 15.1. The largest absolute Gasteiger partial charge is 0.416 e. The number of hydrogen-bond donors (Lipinski definition) is 1. The molecule has 1 unspecified atom stereocenters. The third-order valence-corrected chi connectivity index (χ3v) is 3.00. The molecular formula is C17H13F3O. The summed E-state index contributed by atoms with van der Waals surface area (Å²) in [5, 5.41) is 10.3. The molecule has 4 heteroatoms. The third-order valence-electron chi connectivity index (χ3n) is 3.00. The molecule has 2 aromatic rings. The average molecular weight is 290 g/mol. The Balaban J connectivity index is 2.23. The van der Waals surface area contributed by atoms with Crippen LogP contribution >= 0.6 is 0 Å². The lowest BCUT2D eigenvalue weighted by Crippen LogP contribution is -2.18. The van der Waals surface area contributed by atoms with Crippen molar-refractivity contribution in [2.24, 2.45) is 0 Å². The van der Waals surface area contributed by atoms with Crippen LogP contribution in [-0.4, -0.2) is 5.11 Å². The van der Waals surface area contributed by atoms with Crippen LogP contribution in [0.15, 0.2) is 54.6 Å². The number of benzene rings is 2. The van der Waals surface area contributed by atoms with E-state index in [0.717, 1.165) is 12.1 Å². The van der Waals surface area contributed by atoms with Gasteiger partial charge in [0.15, 0.2) is 0 Å². The van der Waals surface area contributed by atoms with Crippen LogP contribution in [0.25, 0.3) is 0 Å². The zero-order chi connectivity index (χ0) is 15.5. The predicted molar refractivity (Wildman–Crippen MR) is 74.3 cm³/mol. The fourth-order valence-electron chi connectivity index (χ4n) is 1.77. The van der Waals surface area contributed by atoms with Gasteiger partial charge in [-0.3, -0.25) is 0 Å². The van der Waals surface area contributed by atoms with E-state index in [1.165, 1.54) is 12.1 Å². The fourth-order valence-corrected chi connectivity index (χ4v) is 1.77. The maximum atomic E-state index is 12.4. The van der Waals surface area contributed by atoms with E-state index in [0.29, 0.717) is 11.1 Å². The normalized spacial score (nSPS) is 14.0. The molecule has 0 aliphatic carbocycles. The number of alkyl halides is 3. The quantitative estimate of drug-likeness (QED) is 0.788. The zero-order valence-electron chi connectivity index (χ0n) is 11.3. The summed E-state index contributed by atoms with van der Waals surface area (Å²) in [7, 11) is 0.